The summed E-state index contributed by atoms with van der Waals surface area (Å²) in [5.41, 5.74) is 10.6. The number of nitrogen functional groups attached to an aromatic ring is 1. The molecule has 0 saturated heterocycles. The molecule has 0 aliphatic rings. The Kier molecular flexibility index (Phi) is 4.54. The third-order valence-corrected chi connectivity index (χ3v) is 5.69. The molecule has 5 rings (SSSR count). The molecule has 2 aromatic carbocycles. The number of fused-ring (bicyclic) bond motifs is 2. The van der Waals surface area contributed by atoms with E-state index in [2.05, 4.69) is 42.6 Å². The summed E-state index contributed by atoms with van der Waals surface area (Å²) in [4.78, 5) is 17.8. The summed E-state index contributed by atoms with van der Waals surface area (Å²) >= 11 is 2.10. The van der Waals surface area contributed by atoms with Crippen LogP contribution in [0.15, 0.2) is 48.8 Å². The summed E-state index contributed by atoms with van der Waals surface area (Å²) in [6.45, 7) is 2.27. The van der Waals surface area contributed by atoms with E-state index in [9.17, 15) is 4.39 Å². The van der Waals surface area contributed by atoms with Crippen LogP contribution in [-0.4, -0.2) is 29.7 Å². The molecular weight excluding hydrogens is 496 g/mol. The minimum atomic E-state index is -0.413. The van der Waals surface area contributed by atoms with Crippen LogP contribution in [0.25, 0.3) is 33.3 Å². The van der Waals surface area contributed by atoms with Crippen molar-refractivity contribution in [3.63, 3.8) is 0 Å². The van der Waals surface area contributed by atoms with Gasteiger partial charge >= 0.3 is 0 Å². The predicted molar refractivity (Wildman–Crippen MR) is 121 cm³/mol. The monoisotopic (exact) mass is 511 g/mol. The van der Waals surface area contributed by atoms with Crippen molar-refractivity contribution < 1.29 is 4.39 Å². The molecule has 0 spiro atoms. The van der Waals surface area contributed by atoms with Crippen molar-refractivity contribution in [2.75, 3.05) is 5.73 Å². The molecule has 0 aliphatic heterocycles. The van der Waals surface area contributed by atoms with Crippen LogP contribution in [0.2, 0.25) is 0 Å². The van der Waals surface area contributed by atoms with E-state index in [-0.39, 0.29) is 12.1 Å². The Bertz CT molecular complexity index is 1430. The summed E-state index contributed by atoms with van der Waals surface area (Å²) in [6, 6.07) is 12.7. The first-order valence-electron chi connectivity index (χ1n) is 9.16. The van der Waals surface area contributed by atoms with Crippen molar-refractivity contribution in [2.24, 2.45) is 0 Å². The maximum atomic E-state index is 14.5. The molecule has 3 heterocycles. The van der Waals surface area contributed by atoms with Crippen LogP contribution < -0.4 is 5.73 Å². The largest absolute Gasteiger partial charge is 0.383 e. The van der Waals surface area contributed by atoms with Crippen LogP contribution in [0.3, 0.4) is 0 Å². The maximum absolute atomic E-state index is 14.5. The number of halogens is 2. The summed E-state index contributed by atoms with van der Waals surface area (Å²) in [6.07, 6.45) is 1.40. The van der Waals surface area contributed by atoms with E-state index in [1.165, 1.54) is 12.4 Å². The van der Waals surface area contributed by atoms with E-state index in [4.69, 9.17) is 10.7 Å². The number of benzene rings is 2. The van der Waals surface area contributed by atoms with E-state index in [0.717, 1.165) is 11.1 Å². The molecule has 0 aliphatic carbocycles. The summed E-state index contributed by atoms with van der Waals surface area (Å²) in [5.74, 6) is -0.0468. The molecule has 5 aromatic rings. The lowest BCUT2D eigenvalue weighted by Gasteiger charge is -2.13. The van der Waals surface area contributed by atoms with Gasteiger partial charge in [-0.2, -0.15) is 5.10 Å². The lowest BCUT2D eigenvalue weighted by Crippen LogP contribution is -2.09. The highest BCUT2D eigenvalue weighted by Gasteiger charge is 2.19. The van der Waals surface area contributed by atoms with Crippen LogP contribution in [0.4, 0.5) is 10.2 Å². The van der Waals surface area contributed by atoms with Gasteiger partial charge in [0.1, 0.15) is 21.4 Å². The molecule has 7 nitrogen and oxygen atoms in total. The number of nitrogens with two attached hydrogens (primary N) is 1. The van der Waals surface area contributed by atoms with Gasteiger partial charge in [0, 0.05) is 5.56 Å². The fraction of sp³-hybridized carbons (Fsp3) is 0.0952. The van der Waals surface area contributed by atoms with Crippen molar-refractivity contribution >= 4 is 50.5 Å². The first kappa shape index (κ1) is 18.8. The highest BCUT2D eigenvalue weighted by molar-refractivity contribution is 14.1. The second-order valence-corrected chi connectivity index (χ2v) is 7.87. The molecule has 3 aromatic heterocycles. The van der Waals surface area contributed by atoms with Crippen molar-refractivity contribution in [2.45, 2.75) is 13.5 Å². The molecule has 0 unspecified atom stereocenters. The quantitative estimate of drug-likeness (QED) is 0.367. The Hall–Kier alpha value is -3.21. The highest BCUT2D eigenvalue weighted by atomic mass is 127. The number of hydrogen-bond acceptors (Lipinski definition) is 6. The maximum Gasteiger partial charge on any atom is 0.164 e. The van der Waals surface area contributed by atoms with E-state index in [1.54, 1.807) is 16.8 Å². The van der Waals surface area contributed by atoms with Gasteiger partial charge in [-0.3, -0.25) is 0 Å². The van der Waals surface area contributed by atoms with Crippen molar-refractivity contribution in [3.05, 3.63) is 69.6 Å². The number of hydrogen-bond donors (Lipinski definition) is 1. The van der Waals surface area contributed by atoms with E-state index >= 15 is 0 Å². The molecule has 0 fully saturated rings. The van der Waals surface area contributed by atoms with Gasteiger partial charge in [-0.1, -0.05) is 30.3 Å². The van der Waals surface area contributed by atoms with Crippen molar-refractivity contribution in [1.82, 2.24) is 29.7 Å². The number of anilines is 1. The second kappa shape index (κ2) is 7.24. The van der Waals surface area contributed by atoms with E-state index in [0.29, 0.717) is 37.5 Å². The fourth-order valence-corrected chi connectivity index (χ4v) is 4.26. The van der Waals surface area contributed by atoms with Crippen LogP contribution in [0.1, 0.15) is 11.3 Å². The van der Waals surface area contributed by atoms with Crippen LogP contribution in [0.5, 0.6) is 0 Å². The normalized spacial score (nSPS) is 11.4. The topological polar surface area (TPSA) is 95.4 Å². The first-order chi connectivity index (χ1) is 14.5. The molecule has 2 N–H and O–H groups in total. The molecule has 9 heteroatoms. The third kappa shape index (κ3) is 3.05. The fourth-order valence-electron chi connectivity index (χ4n) is 3.48. The molecule has 0 radical (unpaired) electrons. The van der Waals surface area contributed by atoms with Gasteiger partial charge in [0.05, 0.1) is 28.8 Å². The Labute approximate surface area is 184 Å². The summed E-state index contributed by atoms with van der Waals surface area (Å²) in [7, 11) is 0. The summed E-state index contributed by atoms with van der Waals surface area (Å²) < 4.78 is 16.9. The van der Waals surface area contributed by atoms with E-state index < -0.39 is 5.82 Å². The third-order valence-electron chi connectivity index (χ3n) is 4.93. The zero-order chi connectivity index (χ0) is 20.8. The standard InChI is InChI=1S/C21H15FIN7/c1-11-5-2-3-6-12(11)17-15(28-18-13(22)7-4-8-14(18)27-17)9-30-21-16(19(23)29-30)20(24)25-10-26-21/h2-8,10H,9H2,1H3,(H2,24,25,26). The zero-order valence-electron chi connectivity index (χ0n) is 15.8. The van der Waals surface area contributed by atoms with Crippen LogP contribution in [-0.2, 0) is 6.54 Å². The molecule has 0 saturated carbocycles. The van der Waals surface area contributed by atoms with Crippen molar-refractivity contribution in [1.29, 1.82) is 0 Å². The van der Waals surface area contributed by atoms with Gasteiger partial charge in [0.25, 0.3) is 0 Å². The van der Waals surface area contributed by atoms with Crippen LogP contribution >= 0.6 is 22.6 Å². The Morgan fingerprint density at radius 3 is 2.73 bits per heavy atom. The molecule has 148 valence electrons. The number of para-hydroxylation sites is 1. The average Bonchev–Trinajstić information content (AvgIpc) is 3.05. The average molecular weight is 511 g/mol. The molecule has 0 atom stereocenters. The summed E-state index contributed by atoms with van der Waals surface area (Å²) in [5, 5.41) is 5.26. The van der Waals surface area contributed by atoms with Crippen molar-refractivity contribution in [3.8, 4) is 11.3 Å². The van der Waals surface area contributed by atoms with Gasteiger partial charge in [-0.25, -0.2) is 29.0 Å². The SMILES string of the molecule is Cc1ccccc1-c1nc2cccc(F)c2nc1Cn1nc(I)c2c(N)ncnc21. The van der Waals surface area contributed by atoms with Gasteiger partial charge in [0.2, 0.25) is 0 Å². The Balaban J connectivity index is 1.76. The number of aryl methyl sites for hydroxylation is 1. The number of nitrogens with zero attached hydrogens (tertiary/aromatic N) is 6. The molecule has 0 amide bonds. The molecular formula is C21H15FIN7. The Morgan fingerprint density at radius 2 is 1.90 bits per heavy atom. The molecule has 30 heavy (non-hydrogen) atoms. The highest BCUT2D eigenvalue weighted by Crippen LogP contribution is 2.29. The minimum absolute atomic E-state index is 0.227. The Morgan fingerprint density at radius 1 is 1.07 bits per heavy atom. The number of aromatic nitrogens is 6. The number of rotatable bonds is 3. The zero-order valence-corrected chi connectivity index (χ0v) is 18.0. The van der Waals surface area contributed by atoms with Gasteiger partial charge in [0.15, 0.2) is 11.5 Å². The van der Waals surface area contributed by atoms with Gasteiger partial charge in [-0.05, 0) is 47.2 Å². The van der Waals surface area contributed by atoms with Gasteiger partial charge < -0.3 is 5.73 Å². The van der Waals surface area contributed by atoms with Crippen LogP contribution in [0, 0.1) is 16.4 Å². The predicted octanol–water partition coefficient (Wildman–Crippen LogP) is 4.12. The smallest absolute Gasteiger partial charge is 0.164 e. The minimum Gasteiger partial charge on any atom is -0.383 e. The van der Waals surface area contributed by atoms with E-state index in [1.807, 2.05) is 31.2 Å². The molecule has 0 bridgehead atoms. The lowest BCUT2D eigenvalue weighted by atomic mass is 10.0. The van der Waals surface area contributed by atoms with Gasteiger partial charge in [-0.15, -0.1) is 0 Å². The second-order valence-electron chi connectivity index (χ2n) is 6.85. The lowest BCUT2D eigenvalue weighted by molar-refractivity contribution is 0.633. The first-order valence-corrected chi connectivity index (χ1v) is 10.2.